The fourth-order valence-corrected chi connectivity index (χ4v) is 6.82. The average molecular weight is 412 g/mol. The molecule has 1 unspecified atom stereocenters. The first-order valence-electron chi connectivity index (χ1n) is 9.79. The van der Waals surface area contributed by atoms with Crippen LogP contribution < -0.4 is 4.57 Å². The van der Waals surface area contributed by atoms with Crippen LogP contribution in [0.25, 0.3) is 42.0 Å². The second kappa shape index (κ2) is 6.34. The Hall–Kier alpha value is -2.82. The number of para-hydroxylation sites is 1. The Morgan fingerprint density at radius 2 is 1.38 bits per heavy atom. The summed E-state index contributed by atoms with van der Waals surface area (Å²) in [6, 6.07) is 26.0. The van der Waals surface area contributed by atoms with Crippen LogP contribution in [0.1, 0.15) is 22.9 Å². The van der Waals surface area contributed by atoms with Gasteiger partial charge in [-0.15, -0.1) is 11.3 Å². The van der Waals surface area contributed by atoms with E-state index in [9.17, 15) is 0 Å². The summed E-state index contributed by atoms with van der Waals surface area (Å²) in [6.07, 6.45) is 0. The highest BCUT2D eigenvalue weighted by Crippen LogP contribution is 2.40. The third-order valence-corrected chi connectivity index (χ3v) is 8.46. The Labute approximate surface area is 176 Å². The number of fused-ring (bicyclic) bond motifs is 7. The fraction of sp³-hybridized carbons (Fsp3) is 0.120. The molecule has 6 rings (SSSR count). The highest BCUT2D eigenvalue weighted by atomic mass is 32.1. The molecule has 2 aromatic heterocycles. The molecule has 0 saturated heterocycles. The number of benzene rings is 4. The predicted octanol–water partition coefficient (Wildman–Crippen LogP) is 6.79. The molecule has 0 bridgehead atoms. The lowest BCUT2D eigenvalue weighted by atomic mass is 10.0. The summed E-state index contributed by atoms with van der Waals surface area (Å²) >= 11 is 3.72. The number of nitrogens with zero attached hydrogens (tertiary/aromatic N) is 2. The zero-order valence-electron chi connectivity index (χ0n) is 16.2. The normalized spacial score (nSPS) is 13.0. The van der Waals surface area contributed by atoms with E-state index in [1.165, 1.54) is 46.5 Å². The van der Waals surface area contributed by atoms with E-state index in [-0.39, 0.29) is 5.92 Å². The molecule has 4 heteroatoms. The molecular weight excluding hydrogens is 392 g/mol. The molecule has 0 aliphatic carbocycles. The minimum Gasteiger partial charge on any atom is -0.240 e. The summed E-state index contributed by atoms with van der Waals surface area (Å²) in [5.74, 6) is 0.257. The molecule has 0 aliphatic heterocycles. The van der Waals surface area contributed by atoms with Crippen LogP contribution in [0.5, 0.6) is 0 Å². The van der Waals surface area contributed by atoms with Crippen molar-refractivity contribution >= 4 is 64.7 Å². The third kappa shape index (κ3) is 2.46. The van der Waals surface area contributed by atoms with Crippen LogP contribution in [0.3, 0.4) is 0 Å². The molecular formula is C25H19N2S2+. The second-order valence-corrected chi connectivity index (χ2v) is 9.60. The van der Waals surface area contributed by atoms with E-state index in [4.69, 9.17) is 4.98 Å². The zero-order chi connectivity index (χ0) is 19.5. The van der Waals surface area contributed by atoms with E-state index in [1.54, 1.807) is 0 Å². The van der Waals surface area contributed by atoms with Crippen molar-refractivity contribution in [2.24, 2.45) is 7.05 Å². The van der Waals surface area contributed by atoms with E-state index in [0.717, 1.165) is 5.52 Å². The van der Waals surface area contributed by atoms with Crippen molar-refractivity contribution < 1.29 is 4.57 Å². The van der Waals surface area contributed by atoms with Gasteiger partial charge in [0.05, 0.1) is 15.6 Å². The molecule has 4 aromatic carbocycles. The van der Waals surface area contributed by atoms with Gasteiger partial charge in [0.25, 0.3) is 0 Å². The van der Waals surface area contributed by atoms with Crippen LogP contribution in [-0.4, -0.2) is 4.98 Å². The Bertz CT molecular complexity index is 1510. The van der Waals surface area contributed by atoms with Crippen molar-refractivity contribution in [1.82, 2.24) is 4.98 Å². The first-order chi connectivity index (χ1) is 14.2. The van der Waals surface area contributed by atoms with Crippen molar-refractivity contribution in [3.63, 3.8) is 0 Å². The van der Waals surface area contributed by atoms with Crippen LogP contribution in [0, 0.1) is 0 Å². The van der Waals surface area contributed by atoms with Gasteiger partial charge >= 0.3 is 0 Å². The summed E-state index contributed by atoms with van der Waals surface area (Å²) in [5.41, 5.74) is 2.42. The van der Waals surface area contributed by atoms with E-state index in [1.807, 2.05) is 22.7 Å². The molecule has 0 aliphatic rings. The van der Waals surface area contributed by atoms with Gasteiger partial charge < -0.3 is 0 Å². The van der Waals surface area contributed by atoms with Gasteiger partial charge in [-0.3, -0.25) is 0 Å². The molecule has 0 fully saturated rings. The summed E-state index contributed by atoms with van der Waals surface area (Å²) in [7, 11) is 2.21. The molecule has 0 spiro atoms. The van der Waals surface area contributed by atoms with E-state index < -0.39 is 0 Å². The molecule has 1 atom stereocenters. The lowest BCUT2D eigenvalue weighted by molar-refractivity contribution is -0.648. The summed E-state index contributed by atoms with van der Waals surface area (Å²) in [4.78, 5) is 4.94. The molecule has 29 heavy (non-hydrogen) atoms. The van der Waals surface area contributed by atoms with E-state index in [2.05, 4.69) is 91.3 Å². The van der Waals surface area contributed by atoms with Gasteiger partial charge in [0, 0.05) is 5.39 Å². The molecule has 0 saturated carbocycles. The average Bonchev–Trinajstić information content (AvgIpc) is 3.35. The minimum absolute atomic E-state index is 0.257. The lowest BCUT2D eigenvalue weighted by Crippen LogP contribution is -2.32. The lowest BCUT2D eigenvalue weighted by Gasteiger charge is -2.04. The Balaban J connectivity index is 1.67. The maximum absolute atomic E-state index is 4.94. The predicted molar refractivity (Wildman–Crippen MR) is 125 cm³/mol. The smallest absolute Gasteiger partial charge is 0.240 e. The van der Waals surface area contributed by atoms with Gasteiger partial charge in [-0.1, -0.05) is 65.9 Å². The zero-order valence-corrected chi connectivity index (χ0v) is 17.8. The Morgan fingerprint density at radius 3 is 2.14 bits per heavy atom. The summed E-state index contributed by atoms with van der Waals surface area (Å²) < 4.78 is 5.02. The SMILES string of the molecule is CC(c1nc2ccccc2s1)c1sc2c3ccccc3c3ccccc3c2[n+]1C. The number of rotatable bonds is 2. The molecule has 2 nitrogen and oxygen atoms in total. The van der Waals surface area contributed by atoms with E-state index >= 15 is 0 Å². The van der Waals surface area contributed by atoms with Gasteiger partial charge in [0.15, 0.2) is 0 Å². The number of hydrogen-bond donors (Lipinski definition) is 0. The maximum atomic E-state index is 4.94. The largest absolute Gasteiger partial charge is 0.247 e. The molecule has 0 N–H and O–H groups in total. The molecule has 6 aromatic rings. The second-order valence-electron chi connectivity index (χ2n) is 7.51. The van der Waals surface area contributed by atoms with E-state index in [0.29, 0.717) is 0 Å². The van der Waals surface area contributed by atoms with Gasteiger partial charge in [-0.05, 0) is 35.9 Å². The van der Waals surface area contributed by atoms with Crippen molar-refractivity contribution in [3.8, 4) is 0 Å². The van der Waals surface area contributed by atoms with Gasteiger partial charge in [-0.25, -0.2) is 4.98 Å². The van der Waals surface area contributed by atoms with Crippen LogP contribution in [0.2, 0.25) is 0 Å². The number of hydrogen-bond acceptors (Lipinski definition) is 3. The highest BCUT2D eigenvalue weighted by molar-refractivity contribution is 7.20. The third-order valence-electron chi connectivity index (χ3n) is 5.78. The topological polar surface area (TPSA) is 16.8 Å². The first kappa shape index (κ1) is 17.1. The monoisotopic (exact) mass is 411 g/mol. The first-order valence-corrected chi connectivity index (χ1v) is 11.4. The number of aryl methyl sites for hydroxylation is 1. The highest BCUT2D eigenvalue weighted by Gasteiger charge is 2.29. The molecule has 0 amide bonds. The van der Waals surface area contributed by atoms with Gasteiger partial charge in [0.2, 0.25) is 10.5 Å². The van der Waals surface area contributed by atoms with Gasteiger partial charge in [-0.2, -0.15) is 4.57 Å². The maximum Gasteiger partial charge on any atom is 0.247 e. The van der Waals surface area contributed by atoms with Crippen molar-refractivity contribution in [2.45, 2.75) is 12.8 Å². The Morgan fingerprint density at radius 1 is 0.759 bits per heavy atom. The van der Waals surface area contributed by atoms with Crippen LogP contribution in [0.15, 0.2) is 72.8 Å². The molecule has 140 valence electrons. The minimum atomic E-state index is 0.257. The van der Waals surface area contributed by atoms with Crippen LogP contribution in [-0.2, 0) is 7.05 Å². The number of aromatic nitrogens is 2. The standard InChI is InChI=1S/C25H19N2S2/c1-15(24-26-20-13-7-8-14-21(20)28-24)25-27(2)22-18-11-5-3-9-16(18)17-10-4-6-12-19(17)23(22)29-25/h3-15H,1-2H3/q+1. The van der Waals surface area contributed by atoms with Crippen molar-refractivity contribution in [3.05, 3.63) is 82.8 Å². The molecule has 0 radical (unpaired) electrons. The van der Waals surface area contributed by atoms with Crippen LogP contribution in [0.4, 0.5) is 0 Å². The molecule has 2 heterocycles. The number of thiazole rings is 2. The summed E-state index contributed by atoms with van der Waals surface area (Å²) in [5, 5.41) is 7.84. The summed E-state index contributed by atoms with van der Waals surface area (Å²) in [6.45, 7) is 2.28. The quantitative estimate of drug-likeness (QED) is 0.226. The van der Waals surface area contributed by atoms with Crippen molar-refractivity contribution in [2.75, 3.05) is 0 Å². The van der Waals surface area contributed by atoms with Crippen molar-refractivity contribution in [1.29, 1.82) is 0 Å². The van der Waals surface area contributed by atoms with Gasteiger partial charge in [0.1, 0.15) is 22.7 Å². The Kier molecular flexibility index (Phi) is 3.73. The fourth-order valence-electron chi connectivity index (χ4n) is 4.37. The van der Waals surface area contributed by atoms with Crippen LogP contribution >= 0.6 is 22.7 Å².